The maximum atomic E-state index is 6.32. The highest BCUT2D eigenvalue weighted by molar-refractivity contribution is 7.19. The van der Waals surface area contributed by atoms with Crippen LogP contribution in [0.15, 0.2) is 24.5 Å². The van der Waals surface area contributed by atoms with Crippen LogP contribution in [0.3, 0.4) is 0 Å². The normalized spacial score (nSPS) is 11.9. The minimum Gasteiger partial charge on any atom is -0.354 e. The Labute approximate surface area is 131 Å². The average Bonchev–Trinajstić information content (AvgIpc) is 2.87. The fraction of sp³-hybridized carbons (Fsp3) is 0.765. The second kappa shape index (κ2) is 10.5. The van der Waals surface area contributed by atoms with E-state index in [1.54, 1.807) is 0 Å². The molecule has 3 heteroatoms. The van der Waals surface area contributed by atoms with E-state index in [2.05, 4.69) is 42.2 Å². The largest absolute Gasteiger partial charge is 0.354 e. The summed E-state index contributed by atoms with van der Waals surface area (Å²) in [6.07, 6.45) is 16.8. The number of halogens is 1. The minimum atomic E-state index is -1.30. The predicted molar refractivity (Wildman–Crippen MR) is 94.1 cm³/mol. The van der Waals surface area contributed by atoms with E-state index in [4.69, 9.17) is 11.1 Å². The van der Waals surface area contributed by atoms with Gasteiger partial charge in [-0.2, -0.15) is 11.1 Å². The van der Waals surface area contributed by atoms with Gasteiger partial charge < -0.3 is 4.57 Å². The lowest BCUT2D eigenvalue weighted by atomic mass is 10.1. The lowest BCUT2D eigenvalue weighted by Gasteiger charge is -2.11. The van der Waals surface area contributed by atoms with Crippen LogP contribution < -0.4 is 0 Å². The molecule has 0 N–H and O–H groups in total. The summed E-state index contributed by atoms with van der Waals surface area (Å²) in [5, 5.41) is 0. The first-order valence-electron chi connectivity index (χ1n) is 8.38. The molecule has 1 nitrogen and oxygen atoms in total. The fourth-order valence-corrected chi connectivity index (χ4v) is 4.09. The first kappa shape index (κ1) is 17.8. The van der Waals surface area contributed by atoms with Crippen molar-refractivity contribution < 1.29 is 0 Å². The summed E-state index contributed by atoms with van der Waals surface area (Å²) >= 11 is 6.32. The van der Waals surface area contributed by atoms with Crippen LogP contribution >= 0.6 is 11.1 Å². The number of aromatic nitrogens is 1. The Morgan fingerprint density at radius 3 is 1.70 bits per heavy atom. The van der Waals surface area contributed by atoms with Crippen LogP contribution in [0.1, 0.15) is 57.8 Å². The molecule has 0 spiro atoms. The van der Waals surface area contributed by atoms with Crippen LogP contribution in [0.2, 0.25) is 19.1 Å². The van der Waals surface area contributed by atoms with E-state index < -0.39 is 7.38 Å². The first-order chi connectivity index (χ1) is 9.58. The molecule has 0 aliphatic carbocycles. The molecule has 0 saturated heterocycles. The van der Waals surface area contributed by atoms with Gasteiger partial charge in [-0.05, 0) is 24.6 Å². The number of hydrogen-bond donors (Lipinski definition) is 0. The molecule has 0 aliphatic rings. The van der Waals surface area contributed by atoms with Gasteiger partial charge in [0.05, 0.1) is 0 Å². The van der Waals surface area contributed by atoms with Crippen LogP contribution in [0.4, 0.5) is 0 Å². The van der Waals surface area contributed by atoms with Crippen molar-refractivity contribution in [3.05, 3.63) is 24.5 Å². The van der Waals surface area contributed by atoms with Crippen molar-refractivity contribution in [1.82, 2.24) is 4.57 Å². The van der Waals surface area contributed by atoms with Crippen molar-refractivity contribution >= 4 is 18.5 Å². The van der Waals surface area contributed by atoms with Gasteiger partial charge >= 0.3 is 0 Å². The highest BCUT2D eigenvalue weighted by Crippen LogP contribution is 2.19. The molecule has 0 radical (unpaired) electrons. The van der Waals surface area contributed by atoms with Gasteiger partial charge in [-0.25, -0.2) is 0 Å². The summed E-state index contributed by atoms with van der Waals surface area (Å²) in [6.45, 7) is 5.69. The standard InChI is InChI=1S/C17H32ClNSi/c1-20(2,18)17-13-9-7-5-3-4-6-8-10-14-19-15-11-12-16-19/h11-12,15-16H,3-10,13-14,17H2,1-2H3. The zero-order valence-electron chi connectivity index (χ0n) is 13.4. The topological polar surface area (TPSA) is 4.93 Å². The van der Waals surface area contributed by atoms with Crippen molar-refractivity contribution in [3.8, 4) is 0 Å². The summed E-state index contributed by atoms with van der Waals surface area (Å²) in [5.74, 6) is 0. The molecule has 0 atom stereocenters. The fourth-order valence-electron chi connectivity index (χ4n) is 2.60. The SMILES string of the molecule is C[Si](C)(Cl)CCCCCCCCCCCn1cccc1. The van der Waals surface area contributed by atoms with Gasteiger partial charge in [0, 0.05) is 18.9 Å². The van der Waals surface area contributed by atoms with Crippen LogP contribution in [-0.2, 0) is 6.54 Å². The Balaban J connectivity index is 1.77. The smallest absolute Gasteiger partial charge is 0.150 e. The minimum absolute atomic E-state index is 1.19. The molecule has 0 fully saturated rings. The molecule has 1 aromatic rings. The Bertz CT molecular complexity index is 316. The first-order valence-corrected chi connectivity index (χ1v) is 12.6. The number of rotatable bonds is 12. The number of unbranched alkanes of at least 4 members (excludes halogenated alkanes) is 8. The number of aryl methyl sites for hydroxylation is 1. The molecule has 1 heterocycles. The third-order valence-electron chi connectivity index (χ3n) is 3.85. The van der Waals surface area contributed by atoms with Gasteiger partial charge in [0.25, 0.3) is 0 Å². The summed E-state index contributed by atoms with van der Waals surface area (Å²) < 4.78 is 2.28. The molecule has 0 saturated carbocycles. The monoisotopic (exact) mass is 313 g/mol. The zero-order chi connectivity index (χ0) is 14.7. The molecular weight excluding hydrogens is 282 g/mol. The molecule has 116 valence electrons. The maximum absolute atomic E-state index is 6.32. The van der Waals surface area contributed by atoms with Gasteiger partial charge in [0.1, 0.15) is 7.38 Å². The van der Waals surface area contributed by atoms with E-state index >= 15 is 0 Å². The van der Waals surface area contributed by atoms with Crippen molar-refractivity contribution in [1.29, 1.82) is 0 Å². The van der Waals surface area contributed by atoms with Crippen molar-refractivity contribution in [2.75, 3.05) is 0 Å². The quantitative estimate of drug-likeness (QED) is 0.237. The second-order valence-corrected chi connectivity index (χ2v) is 13.6. The Morgan fingerprint density at radius 1 is 0.750 bits per heavy atom. The van der Waals surface area contributed by atoms with E-state index in [9.17, 15) is 0 Å². The van der Waals surface area contributed by atoms with E-state index in [-0.39, 0.29) is 0 Å². The lowest BCUT2D eigenvalue weighted by Crippen LogP contribution is -2.14. The molecule has 0 bridgehead atoms. The average molecular weight is 314 g/mol. The summed E-state index contributed by atoms with van der Waals surface area (Å²) in [4.78, 5) is 0. The molecule has 0 aliphatic heterocycles. The van der Waals surface area contributed by atoms with Crippen LogP contribution in [-0.4, -0.2) is 12.0 Å². The highest BCUT2D eigenvalue weighted by Gasteiger charge is 2.15. The molecule has 0 unspecified atom stereocenters. The van der Waals surface area contributed by atoms with Crippen LogP contribution in [0.25, 0.3) is 0 Å². The van der Waals surface area contributed by atoms with Gasteiger partial charge in [-0.3, -0.25) is 0 Å². The molecular formula is C17H32ClNSi. The van der Waals surface area contributed by atoms with Crippen molar-refractivity contribution in [2.45, 2.75) is 83.5 Å². The summed E-state index contributed by atoms with van der Waals surface area (Å²) in [7, 11) is -1.30. The van der Waals surface area contributed by atoms with Crippen LogP contribution in [0, 0.1) is 0 Å². The molecule has 1 rings (SSSR count). The van der Waals surface area contributed by atoms with E-state index in [1.165, 1.54) is 70.4 Å². The molecule has 20 heavy (non-hydrogen) atoms. The Morgan fingerprint density at radius 2 is 1.20 bits per heavy atom. The third-order valence-corrected chi connectivity index (χ3v) is 5.96. The van der Waals surface area contributed by atoms with Crippen LogP contribution in [0.5, 0.6) is 0 Å². The Hall–Kier alpha value is -0.213. The summed E-state index contributed by atoms with van der Waals surface area (Å²) in [6, 6.07) is 5.50. The van der Waals surface area contributed by atoms with Gasteiger partial charge in [-0.1, -0.05) is 64.5 Å². The Kier molecular flexibility index (Phi) is 9.37. The van der Waals surface area contributed by atoms with E-state index in [1.807, 2.05) is 0 Å². The highest BCUT2D eigenvalue weighted by atomic mass is 35.6. The van der Waals surface area contributed by atoms with Gasteiger partial charge in [0.15, 0.2) is 0 Å². The maximum Gasteiger partial charge on any atom is 0.150 e. The summed E-state index contributed by atoms with van der Waals surface area (Å²) in [5.41, 5.74) is 0. The number of hydrogen-bond acceptors (Lipinski definition) is 0. The predicted octanol–water partition coefficient (Wildman–Crippen LogP) is 6.44. The van der Waals surface area contributed by atoms with E-state index in [0.29, 0.717) is 0 Å². The van der Waals surface area contributed by atoms with Gasteiger partial charge in [-0.15, -0.1) is 0 Å². The zero-order valence-corrected chi connectivity index (χ0v) is 15.2. The second-order valence-electron chi connectivity index (χ2n) is 6.57. The lowest BCUT2D eigenvalue weighted by molar-refractivity contribution is 0.539. The molecule has 0 aromatic carbocycles. The van der Waals surface area contributed by atoms with Crippen molar-refractivity contribution in [3.63, 3.8) is 0 Å². The van der Waals surface area contributed by atoms with E-state index in [0.717, 1.165) is 0 Å². The van der Waals surface area contributed by atoms with Gasteiger partial charge in [0.2, 0.25) is 0 Å². The molecule has 1 aromatic heterocycles. The molecule has 0 amide bonds. The van der Waals surface area contributed by atoms with Crippen molar-refractivity contribution in [2.24, 2.45) is 0 Å². The number of nitrogens with zero attached hydrogens (tertiary/aromatic N) is 1. The third kappa shape index (κ3) is 10.6.